The highest BCUT2D eigenvalue weighted by Crippen LogP contribution is 2.56. The number of carbonyl (C=O) groups excluding carboxylic acids is 2. The van der Waals surface area contributed by atoms with E-state index in [-0.39, 0.29) is 28.3 Å². The second-order valence-electron chi connectivity index (χ2n) is 13.6. The highest BCUT2D eigenvalue weighted by atomic mass is 79.9. The number of benzene rings is 1. The van der Waals surface area contributed by atoms with Crippen LogP contribution in [0.15, 0.2) is 39.1 Å². The van der Waals surface area contributed by atoms with Gasteiger partial charge in [0.05, 0.1) is 18.2 Å². The average Bonchev–Trinajstić information content (AvgIpc) is 2.85. The standard InChI is InChI=1S/C33H44BrNO4/c1-7-13-39-31-22(34)14-20(15-27(31)38-6)28-29-23(16-32(2,3)18-25(29)36)35(21-11-9-8-10-12-21)24-17-33(4,5)19-26(37)30(24)28/h14-15,21,28H,7-13,16-19H2,1-6H3. The number of halogens is 1. The Balaban J connectivity index is 1.76. The Morgan fingerprint density at radius 3 is 1.97 bits per heavy atom. The van der Waals surface area contributed by atoms with E-state index >= 15 is 0 Å². The number of nitrogens with zero attached hydrogens (tertiary/aromatic N) is 1. The highest BCUT2D eigenvalue weighted by Gasteiger charge is 2.50. The van der Waals surface area contributed by atoms with Crippen LogP contribution in [0, 0.1) is 10.8 Å². The topological polar surface area (TPSA) is 55.8 Å². The fraction of sp³-hybridized carbons (Fsp3) is 0.636. The van der Waals surface area contributed by atoms with Crippen LogP contribution in [0.1, 0.15) is 110 Å². The van der Waals surface area contributed by atoms with Crippen molar-refractivity contribution in [3.8, 4) is 11.5 Å². The third-order valence-corrected chi connectivity index (χ3v) is 9.52. The summed E-state index contributed by atoms with van der Waals surface area (Å²) in [6.45, 7) is 11.5. The minimum absolute atomic E-state index is 0.115. The van der Waals surface area contributed by atoms with Crippen molar-refractivity contribution in [2.24, 2.45) is 10.8 Å². The number of methoxy groups -OCH3 is 1. The summed E-state index contributed by atoms with van der Waals surface area (Å²) in [5.41, 5.74) is 4.70. The lowest BCUT2D eigenvalue weighted by Crippen LogP contribution is -2.48. The Hall–Kier alpha value is -2.08. The largest absolute Gasteiger partial charge is 0.493 e. The van der Waals surface area contributed by atoms with Gasteiger partial charge in [0, 0.05) is 47.3 Å². The van der Waals surface area contributed by atoms with Crippen molar-refractivity contribution >= 4 is 27.5 Å². The first-order valence-corrected chi connectivity index (χ1v) is 15.6. The molecule has 0 radical (unpaired) electrons. The zero-order valence-electron chi connectivity index (χ0n) is 24.5. The molecule has 0 atom stereocenters. The molecule has 0 bridgehead atoms. The first-order valence-electron chi connectivity index (χ1n) is 14.8. The van der Waals surface area contributed by atoms with E-state index in [4.69, 9.17) is 9.47 Å². The molecule has 0 unspecified atom stereocenters. The molecule has 5 rings (SSSR count). The summed E-state index contributed by atoms with van der Waals surface area (Å²) in [4.78, 5) is 30.8. The van der Waals surface area contributed by atoms with Gasteiger partial charge in [0.15, 0.2) is 23.1 Å². The van der Waals surface area contributed by atoms with Gasteiger partial charge in [-0.3, -0.25) is 9.59 Å². The molecule has 1 fully saturated rings. The maximum absolute atomic E-state index is 14.1. The smallest absolute Gasteiger partial charge is 0.175 e. The third kappa shape index (κ3) is 5.35. The van der Waals surface area contributed by atoms with E-state index in [2.05, 4.69) is 55.4 Å². The Bertz CT molecular complexity index is 1180. The lowest BCUT2D eigenvalue weighted by Gasteiger charge is -2.52. The van der Waals surface area contributed by atoms with Crippen LogP contribution in [0.3, 0.4) is 0 Å². The van der Waals surface area contributed by atoms with E-state index in [0.717, 1.165) is 53.3 Å². The van der Waals surface area contributed by atoms with Gasteiger partial charge in [-0.25, -0.2) is 0 Å². The number of carbonyl (C=O) groups is 2. The maximum Gasteiger partial charge on any atom is 0.175 e. The van der Waals surface area contributed by atoms with Crippen molar-refractivity contribution in [3.05, 3.63) is 44.7 Å². The summed E-state index contributed by atoms with van der Waals surface area (Å²) in [5, 5.41) is 0. The lowest BCUT2D eigenvalue weighted by molar-refractivity contribution is -0.119. The molecule has 0 spiro atoms. The van der Waals surface area contributed by atoms with E-state index in [1.165, 1.54) is 30.7 Å². The molecule has 0 aromatic heterocycles. The third-order valence-electron chi connectivity index (χ3n) is 8.93. The predicted octanol–water partition coefficient (Wildman–Crippen LogP) is 8.26. The van der Waals surface area contributed by atoms with Gasteiger partial charge in [-0.1, -0.05) is 53.9 Å². The molecule has 212 valence electrons. The van der Waals surface area contributed by atoms with E-state index in [1.54, 1.807) is 7.11 Å². The van der Waals surface area contributed by atoms with Gasteiger partial charge >= 0.3 is 0 Å². The number of hydrogen-bond acceptors (Lipinski definition) is 5. The fourth-order valence-corrected chi connectivity index (χ4v) is 7.93. The number of allylic oxidation sites excluding steroid dienone is 4. The second-order valence-corrected chi connectivity index (χ2v) is 14.4. The molecule has 39 heavy (non-hydrogen) atoms. The first kappa shape index (κ1) is 28.4. The number of Topliss-reactive ketones (excluding diaryl/α,β-unsaturated/α-hetero) is 2. The van der Waals surface area contributed by atoms with Gasteiger partial charge < -0.3 is 14.4 Å². The first-order chi connectivity index (χ1) is 18.5. The second kappa shape index (κ2) is 10.7. The van der Waals surface area contributed by atoms with E-state index in [9.17, 15) is 9.59 Å². The summed E-state index contributed by atoms with van der Waals surface area (Å²) in [6.07, 6.45) is 9.48. The lowest BCUT2D eigenvalue weighted by atomic mass is 9.63. The average molecular weight is 599 g/mol. The summed E-state index contributed by atoms with van der Waals surface area (Å²) in [6, 6.07) is 4.39. The van der Waals surface area contributed by atoms with Crippen LogP contribution in [0.4, 0.5) is 0 Å². The Morgan fingerprint density at radius 2 is 1.46 bits per heavy atom. The number of ether oxygens (including phenoxy) is 2. The Kier molecular flexibility index (Phi) is 7.82. The molecule has 5 nitrogen and oxygen atoms in total. The monoisotopic (exact) mass is 597 g/mol. The van der Waals surface area contributed by atoms with Crippen molar-refractivity contribution in [2.45, 2.75) is 111 Å². The van der Waals surface area contributed by atoms with Crippen molar-refractivity contribution in [2.75, 3.05) is 13.7 Å². The molecule has 6 heteroatoms. The maximum atomic E-state index is 14.1. The van der Waals surface area contributed by atoms with Crippen molar-refractivity contribution < 1.29 is 19.1 Å². The molecule has 1 aromatic rings. The summed E-state index contributed by atoms with van der Waals surface area (Å²) >= 11 is 3.74. The quantitative estimate of drug-likeness (QED) is 0.330. The van der Waals surface area contributed by atoms with Gasteiger partial charge in [-0.15, -0.1) is 0 Å². The van der Waals surface area contributed by atoms with Gasteiger partial charge in [0.2, 0.25) is 0 Å². The van der Waals surface area contributed by atoms with Crippen LogP contribution < -0.4 is 9.47 Å². The van der Waals surface area contributed by atoms with Crippen molar-refractivity contribution in [3.63, 3.8) is 0 Å². The molecular formula is C33H44BrNO4. The van der Waals surface area contributed by atoms with Crippen LogP contribution in [0.5, 0.6) is 11.5 Å². The van der Waals surface area contributed by atoms with E-state index < -0.39 is 0 Å². The van der Waals surface area contributed by atoms with Gasteiger partial charge in [-0.05, 0) is 76.6 Å². The minimum Gasteiger partial charge on any atom is -0.493 e. The fourth-order valence-electron chi connectivity index (χ4n) is 7.36. The summed E-state index contributed by atoms with van der Waals surface area (Å²) in [5.74, 6) is 1.26. The molecule has 1 aromatic carbocycles. The predicted molar refractivity (Wildman–Crippen MR) is 158 cm³/mol. The van der Waals surface area contributed by atoms with Crippen LogP contribution in [0.2, 0.25) is 0 Å². The van der Waals surface area contributed by atoms with Crippen LogP contribution in [-0.4, -0.2) is 36.2 Å². The molecule has 1 aliphatic heterocycles. The highest BCUT2D eigenvalue weighted by molar-refractivity contribution is 9.10. The van der Waals surface area contributed by atoms with E-state index in [1.807, 2.05) is 12.1 Å². The number of ketones is 2. The number of rotatable bonds is 6. The van der Waals surface area contributed by atoms with Crippen molar-refractivity contribution in [1.82, 2.24) is 4.90 Å². The zero-order chi connectivity index (χ0) is 28.1. The SMILES string of the molecule is CCCOc1c(Br)cc(C2C3=C(CC(C)(C)CC3=O)N(C3CCCCC3)C3=C2C(=O)CC(C)(C)C3)cc1OC. The molecule has 1 saturated carbocycles. The van der Waals surface area contributed by atoms with E-state index in [0.29, 0.717) is 37.0 Å². The Morgan fingerprint density at radius 1 is 0.897 bits per heavy atom. The van der Waals surface area contributed by atoms with Crippen molar-refractivity contribution in [1.29, 1.82) is 0 Å². The molecule has 1 heterocycles. The molecular weight excluding hydrogens is 554 g/mol. The zero-order valence-corrected chi connectivity index (χ0v) is 26.1. The summed E-state index contributed by atoms with van der Waals surface area (Å²) in [7, 11) is 1.65. The van der Waals surface area contributed by atoms with Crippen LogP contribution in [0.25, 0.3) is 0 Å². The number of hydrogen-bond donors (Lipinski definition) is 0. The van der Waals surface area contributed by atoms with Crippen LogP contribution >= 0.6 is 15.9 Å². The van der Waals surface area contributed by atoms with Gasteiger partial charge in [0.25, 0.3) is 0 Å². The molecule has 3 aliphatic carbocycles. The molecule has 0 N–H and O–H groups in total. The Labute approximate surface area is 242 Å². The minimum atomic E-state index is -0.382. The summed E-state index contributed by atoms with van der Waals surface area (Å²) < 4.78 is 12.6. The van der Waals surface area contributed by atoms with Gasteiger partial charge in [0.1, 0.15) is 0 Å². The van der Waals surface area contributed by atoms with Crippen LogP contribution in [-0.2, 0) is 9.59 Å². The van der Waals surface area contributed by atoms with Gasteiger partial charge in [-0.2, -0.15) is 0 Å². The molecule has 4 aliphatic rings. The normalized spacial score (nSPS) is 23.6. The molecule has 0 amide bonds. The molecule has 0 saturated heterocycles.